The van der Waals surface area contributed by atoms with Crippen LogP contribution in [0.5, 0.6) is 0 Å². The summed E-state index contributed by atoms with van der Waals surface area (Å²) in [5.74, 6) is 2.11. The number of rotatable bonds is 3. The molecule has 1 unspecified atom stereocenters. The van der Waals surface area contributed by atoms with Gasteiger partial charge >= 0.3 is 0 Å². The summed E-state index contributed by atoms with van der Waals surface area (Å²) in [5.41, 5.74) is 1.31. The van der Waals surface area contributed by atoms with Crippen LogP contribution in [0.15, 0.2) is 35.5 Å². The number of nitrogens with one attached hydrogen (secondary N) is 2. The van der Waals surface area contributed by atoms with Gasteiger partial charge in [0.25, 0.3) is 0 Å². The Kier molecular flexibility index (Phi) is 3.59. The van der Waals surface area contributed by atoms with E-state index in [0.29, 0.717) is 6.04 Å². The molecular weight excluding hydrogens is 266 g/mol. The number of benzene rings is 1. The number of nitrogens with zero attached hydrogens (tertiary/aromatic N) is 1. The van der Waals surface area contributed by atoms with Gasteiger partial charge in [-0.3, -0.25) is 0 Å². The van der Waals surface area contributed by atoms with E-state index >= 15 is 0 Å². The number of halogens is 1. The molecule has 2 aromatic rings. The zero-order valence-electron chi connectivity index (χ0n) is 9.82. The average Bonchev–Trinajstić information content (AvgIpc) is 2.89. The maximum atomic E-state index is 6.09. The van der Waals surface area contributed by atoms with E-state index in [1.54, 1.807) is 6.20 Å². The fraction of sp³-hybridized carbons (Fsp3) is 0.308. The van der Waals surface area contributed by atoms with Crippen LogP contribution in [0.1, 0.15) is 23.9 Å². The quantitative estimate of drug-likeness (QED) is 0.905. The van der Waals surface area contributed by atoms with Crippen LogP contribution >= 0.6 is 23.4 Å². The average molecular weight is 280 g/mol. The van der Waals surface area contributed by atoms with Crippen molar-refractivity contribution in [3.05, 3.63) is 47.0 Å². The lowest BCUT2D eigenvalue weighted by Crippen LogP contribution is -2.24. The van der Waals surface area contributed by atoms with Crippen molar-refractivity contribution in [3.8, 4) is 0 Å². The third-order valence-corrected chi connectivity index (χ3v) is 4.44. The largest absolute Gasteiger partial charge is 0.348 e. The second kappa shape index (κ2) is 5.34. The minimum Gasteiger partial charge on any atom is -0.348 e. The molecule has 18 heavy (non-hydrogen) atoms. The van der Waals surface area contributed by atoms with Gasteiger partial charge in [0.05, 0.1) is 6.54 Å². The number of aromatic nitrogens is 2. The fourth-order valence-corrected chi connectivity index (χ4v) is 3.48. The first-order valence-electron chi connectivity index (χ1n) is 5.97. The summed E-state index contributed by atoms with van der Waals surface area (Å²) in [4.78, 5) is 8.67. The highest BCUT2D eigenvalue weighted by molar-refractivity contribution is 7.99. The Morgan fingerprint density at radius 2 is 2.44 bits per heavy atom. The van der Waals surface area contributed by atoms with E-state index in [1.165, 1.54) is 10.5 Å². The molecule has 1 aliphatic heterocycles. The molecule has 0 saturated heterocycles. The Balaban J connectivity index is 1.76. The normalized spacial score (nSPS) is 18.6. The second-order valence-electron chi connectivity index (χ2n) is 4.29. The predicted molar refractivity (Wildman–Crippen MR) is 75.0 cm³/mol. The van der Waals surface area contributed by atoms with Crippen LogP contribution in [0.25, 0.3) is 0 Å². The molecule has 3 rings (SSSR count). The summed E-state index contributed by atoms with van der Waals surface area (Å²) in [6, 6.07) is 6.51. The van der Waals surface area contributed by atoms with Crippen molar-refractivity contribution in [1.82, 2.24) is 15.3 Å². The first kappa shape index (κ1) is 12.1. The van der Waals surface area contributed by atoms with Crippen molar-refractivity contribution in [2.24, 2.45) is 0 Å². The topological polar surface area (TPSA) is 40.7 Å². The van der Waals surface area contributed by atoms with Gasteiger partial charge in [-0.25, -0.2) is 4.98 Å². The van der Waals surface area contributed by atoms with E-state index in [9.17, 15) is 0 Å². The van der Waals surface area contributed by atoms with Crippen LogP contribution in [-0.2, 0) is 6.54 Å². The molecule has 0 fully saturated rings. The summed E-state index contributed by atoms with van der Waals surface area (Å²) in [7, 11) is 0. The van der Waals surface area contributed by atoms with Gasteiger partial charge in [0.1, 0.15) is 5.82 Å². The molecule has 0 radical (unpaired) electrons. The van der Waals surface area contributed by atoms with Gasteiger partial charge < -0.3 is 10.3 Å². The SMILES string of the molecule is Clc1ccc2c(c1)C(NCc1ncc[nH]1)CCS2. The maximum Gasteiger partial charge on any atom is 0.120 e. The Bertz CT molecular complexity index is 527. The number of hydrogen-bond acceptors (Lipinski definition) is 3. The molecule has 2 N–H and O–H groups in total. The number of hydrogen-bond donors (Lipinski definition) is 2. The molecule has 0 aliphatic carbocycles. The van der Waals surface area contributed by atoms with Crippen LogP contribution in [0, 0.1) is 0 Å². The zero-order valence-corrected chi connectivity index (χ0v) is 11.4. The molecule has 1 aromatic heterocycles. The standard InChI is InChI=1S/C13H14ClN3S/c14-9-1-2-12-10(7-9)11(3-6-18-12)17-8-13-15-4-5-16-13/h1-2,4-5,7,11,17H,3,6,8H2,(H,15,16). The Hall–Kier alpha value is -0.970. The lowest BCUT2D eigenvalue weighted by atomic mass is 10.0. The van der Waals surface area contributed by atoms with Crippen LogP contribution in [0.3, 0.4) is 0 Å². The van der Waals surface area contributed by atoms with Crippen LogP contribution < -0.4 is 5.32 Å². The van der Waals surface area contributed by atoms with Gasteiger partial charge in [0.15, 0.2) is 0 Å². The van der Waals surface area contributed by atoms with E-state index in [4.69, 9.17) is 11.6 Å². The first-order chi connectivity index (χ1) is 8.83. The molecule has 94 valence electrons. The number of aromatic amines is 1. The first-order valence-corrected chi connectivity index (χ1v) is 7.33. The summed E-state index contributed by atoms with van der Waals surface area (Å²) in [6.07, 6.45) is 4.75. The van der Waals surface area contributed by atoms with Crippen molar-refractivity contribution in [3.63, 3.8) is 0 Å². The molecule has 5 heteroatoms. The van der Waals surface area contributed by atoms with Crippen LogP contribution in [0.4, 0.5) is 0 Å². The Morgan fingerprint density at radius 1 is 1.50 bits per heavy atom. The number of imidazole rings is 1. The highest BCUT2D eigenvalue weighted by Gasteiger charge is 2.20. The Morgan fingerprint density at radius 3 is 3.28 bits per heavy atom. The van der Waals surface area contributed by atoms with E-state index < -0.39 is 0 Å². The van der Waals surface area contributed by atoms with Crippen molar-refractivity contribution in [2.45, 2.75) is 23.9 Å². The second-order valence-corrected chi connectivity index (χ2v) is 5.86. The highest BCUT2D eigenvalue weighted by atomic mass is 35.5. The van der Waals surface area contributed by atoms with Crippen molar-refractivity contribution < 1.29 is 0 Å². The van der Waals surface area contributed by atoms with Crippen molar-refractivity contribution >= 4 is 23.4 Å². The van der Waals surface area contributed by atoms with Gasteiger partial charge in [-0.05, 0) is 35.9 Å². The summed E-state index contributed by atoms with van der Waals surface area (Å²) >= 11 is 7.99. The minimum atomic E-state index is 0.366. The molecule has 0 spiro atoms. The van der Waals surface area contributed by atoms with E-state index in [-0.39, 0.29) is 0 Å². The van der Waals surface area contributed by atoms with Gasteiger partial charge in [0, 0.05) is 28.4 Å². The monoisotopic (exact) mass is 279 g/mol. The van der Waals surface area contributed by atoms with E-state index in [0.717, 1.165) is 29.6 Å². The third-order valence-electron chi connectivity index (χ3n) is 3.08. The van der Waals surface area contributed by atoms with Crippen molar-refractivity contribution in [1.29, 1.82) is 0 Å². The summed E-state index contributed by atoms with van der Waals surface area (Å²) in [6.45, 7) is 0.758. The van der Waals surface area contributed by atoms with E-state index in [1.807, 2.05) is 24.0 Å². The molecule has 3 nitrogen and oxygen atoms in total. The third kappa shape index (κ3) is 2.55. The molecule has 0 bridgehead atoms. The summed E-state index contributed by atoms with van der Waals surface area (Å²) in [5, 5.41) is 4.35. The molecular formula is C13H14ClN3S. The number of thioether (sulfide) groups is 1. The molecule has 2 heterocycles. The smallest absolute Gasteiger partial charge is 0.120 e. The highest BCUT2D eigenvalue weighted by Crippen LogP contribution is 2.37. The lowest BCUT2D eigenvalue weighted by Gasteiger charge is -2.26. The fourth-order valence-electron chi connectivity index (χ4n) is 2.19. The van der Waals surface area contributed by atoms with Crippen LogP contribution in [0.2, 0.25) is 5.02 Å². The van der Waals surface area contributed by atoms with Crippen molar-refractivity contribution in [2.75, 3.05) is 5.75 Å². The summed E-state index contributed by atoms with van der Waals surface area (Å²) < 4.78 is 0. The zero-order chi connectivity index (χ0) is 12.4. The molecule has 0 saturated carbocycles. The van der Waals surface area contributed by atoms with Gasteiger partial charge in [-0.15, -0.1) is 11.8 Å². The molecule has 1 aliphatic rings. The van der Waals surface area contributed by atoms with E-state index in [2.05, 4.69) is 27.4 Å². The van der Waals surface area contributed by atoms with Gasteiger partial charge in [-0.2, -0.15) is 0 Å². The maximum absolute atomic E-state index is 6.09. The minimum absolute atomic E-state index is 0.366. The molecule has 1 atom stereocenters. The Labute approximate surface area is 115 Å². The van der Waals surface area contributed by atoms with Gasteiger partial charge in [0.2, 0.25) is 0 Å². The van der Waals surface area contributed by atoms with Gasteiger partial charge in [-0.1, -0.05) is 11.6 Å². The molecule has 1 aromatic carbocycles. The molecule has 0 amide bonds. The lowest BCUT2D eigenvalue weighted by molar-refractivity contribution is 0.502. The van der Waals surface area contributed by atoms with Crippen LogP contribution in [-0.4, -0.2) is 15.7 Å². The predicted octanol–water partition coefficient (Wildman–Crippen LogP) is 3.39. The number of fused-ring (bicyclic) bond motifs is 1. The number of H-pyrrole nitrogens is 1.